The average Bonchev–Trinajstić information content (AvgIpc) is 2.57. The molecule has 0 fully saturated rings. The molecule has 0 heterocycles. The highest BCUT2D eigenvalue weighted by atomic mass is 16.3. The molecule has 0 aromatic heterocycles. The molecule has 0 unspecified atom stereocenters. The van der Waals surface area contributed by atoms with Crippen molar-refractivity contribution in [2.45, 2.75) is 19.6 Å². The second-order valence-corrected chi connectivity index (χ2v) is 5.08. The standard InChI is InChI=1S/C17H20N2O4/c20-10-13-8-12(9-14(11-21)16(13)22)6-7-18-17(23)19-15-4-2-1-3-5-15/h1-5,8-9,20-22H,6-7,10-11H2,(H2,18,19,23). The van der Waals surface area contributed by atoms with E-state index in [9.17, 15) is 20.1 Å². The Balaban J connectivity index is 1.90. The maximum absolute atomic E-state index is 11.8. The van der Waals surface area contributed by atoms with Crippen LogP contribution in [0.15, 0.2) is 42.5 Å². The average molecular weight is 316 g/mol. The Kier molecular flexibility index (Phi) is 5.96. The van der Waals surface area contributed by atoms with Gasteiger partial charge < -0.3 is 26.0 Å². The second kappa shape index (κ2) is 8.17. The molecule has 2 amide bonds. The van der Waals surface area contributed by atoms with Gasteiger partial charge in [-0.3, -0.25) is 0 Å². The normalized spacial score (nSPS) is 10.3. The number of benzene rings is 2. The second-order valence-electron chi connectivity index (χ2n) is 5.08. The van der Waals surface area contributed by atoms with Crippen LogP contribution in [0.1, 0.15) is 16.7 Å². The van der Waals surface area contributed by atoms with Crippen molar-refractivity contribution < 1.29 is 20.1 Å². The van der Waals surface area contributed by atoms with E-state index in [4.69, 9.17) is 0 Å². The molecular weight excluding hydrogens is 296 g/mol. The van der Waals surface area contributed by atoms with Crippen LogP contribution in [-0.2, 0) is 19.6 Å². The molecule has 23 heavy (non-hydrogen) atoms. The van der Waals surface area contributed by atoms with E-state index in [1.54, 1.807) is 24.3 Å². The molecule has 0 saturated carbocycles. The number of anilines is 1. The maximum atomic E-state index is 11.8. The number of amides is 2. The number of hydrogen-bond donors (Lipinski definition) is 5. The summed E-state index contributed by atoms with van der Waals surface area (Å²) in [5.41, 5.74) is 2.25. The molecular formula is C17H20N2O4. The van der Waals surface area contributed by atoms with Crippen LogP contribution in [0.25, 0.3) is 0 Å². The Hall–Kier alpha value is -2.57. The number of urea groups is 1. The van der Waals surface area contributed by atoms with E-state index in [0.717, 1.165) is 5.56 Å². The fourth-order valence-electron chi connectivity index (χ4n) is 2.23. The van der Waals surface area contributed by atoms with Crippen LogP contribution < -0.4 is 10.6 Å². The first-order valence-corrected chi connectivity index (χ1v) is 7.29. The van der Waals surface area contributed by atoms with Crippen molar-refractivity contribution in [1.29, 1.82) is 0 Å². The van der Waals surface area contributed by atoms with Gasteiger partial charge in [0.15, 0.2) is 0 Å². The number of para-hydroxylation sites is 1. The quantitative estimate of drug-likeness (QED) is 0.560. The Morgan fingerprint density at radius 1 is 1.00 bits per heavy atom. The van der Waals surface area contributed by atoms with Crippen molar-refractivity contribution in [3.63, 3.8) is 0 Å². The van der Waals surface area contributed by atoms with Crippen molar-refractivity contribution in [3.8, 4) is 5.75 Å². The fraction of sp³-hybridized carbons (Fsp3) is 0.235. The summed E-state index contributed by atoms with van der Waals surface area (Å²) in [6.07, 6.45) is 0.516. The van der Waals surface area contributed by atoms with Crippen molar-refractivity contribution in [1.82, 2.24) is 5.32 Å². The van der Waals surface area contributed by atoms with Crippen LogP contribution in [0.4, 0.5) is 10.5 Å². The fourth-order valence-corrected chi connectivity index (χ4v) is 2.23. The summed E-state index contributed by atoms with van der Waals surface area (Å²) in [6, 6.07) is 12.1. The van der Waals surface area contributed by atoms with E-state index in [2.05, 4.69) is 10.6 Å². The summed E-state index contributed by atoms with van der Waals surface area (Å²) in [6.45, 7) is -0.234. The summed E-state index contributed by atoms with van der Waals surface area (Å²) >= 11 is 0. The maximum Gasteiger partial charge on any atom is 0.319 e. The monoisotopic (exact) mass is 316 g/mol. The SMILES string of the molecule is O=C(NCCc1cc(CO)c(O)c(CO)c1)Nc1ccccc1. The highest BCUT2D eigenvalue weighted by Crippen LogP contribution is 2.25. The predicted molar refractivity (Wildman–Crippen MR) is 87.1 cm³/mol. The summed E-state index contributed by atoms with van der Waals surface area (Å²) in [7, 11) is 0. The minimum atomic E-state index is -0.311. The number of phenols is 1. The third-order valence-corrected chi connectivity index (χ3v) is 3.40. The first-order valence-electron chi connectivity index (χ1n) is 7.29. The predicted octanol–water partition coefficient (Wildman–Crippen LogP) is 1.74. The first kappa shape index (κ1) is 16.8. The van der Waals surface area contributed by atoms with Gasteiger partial charge in [0.1, 0.15) is 5.75 Å². The molecule has 2 aromatic carbocycles. The molecule has 122 valence electrons. The molecule has 0 aliphatic carbocycles. The van der Waals surface area contributed by atoms with E-state index in [1.807, 2.05) is 18.2 Å². The van der Waals surface area contributed by atoms with E-state index < -0.39 is 0 Å². The van der Waals surface area contributed by atoms with E-state index in [0.29, 0.717) is 29.8 Å². The van der Waals surface area contributed by atoms with Gasteiger partial charge in [0.2, 0.25) is 0 Å². The van der Waals surface area contributed by atoms with E-state index >= 15 is 0 Å². The van der Waals surface area contributed by atoms with Crippen LogP contribution in [0.2, 0.25) is 0 Å². The Labute approximate surface area is 134 Å². The minimum absolute atomic E-state index is 0.0893. The number of aliphatic hydroxyl groups is 2. The number of nitrogens with one attached hydrogen (secondary N) is 2. The van der Waals surface area contributed by atoms with Gasteiger partial charge in [-0.25, -0.2) is 4.79 Å². The highest BCUT2D eigenvalue weighted by molar-refractivity contribution is 5.89. The van der Waals surface area contributed by atoms with Gasteiger partial charge in [-0.1, -0.05) is 18.2 Å². The number of aliphatic hydroxyl groups excluding tert-OH is 2. The third-order valence-electron chi connectivity index (χ3n) is 3.40. The molecule has 0 atom stereocenters. The lowest BCUT2D eigenvalue weighted by Crippen LogP contribution is -2.30. The summed E-state index contributed by atoms with van der Waals surface area (Å²) in [4.78, 5) is 11.8. The highest BCUT2D eigenvalue weighted by Gasteiger charge is 2.09. The third kappa shape index (κ3) is 4.70. The molecule has 0 radical (unpaired) electrons. The number of aromatic hydroxyl groups is 1. The van der Waals surface area contributed by atoms with Crippen LogP contribution in [0.5, 0.6) is 5.75 Å². The molecule has 6 heteroatoms. The number of carbonyl (C=O) groups excluding carboxylic acids is 1. The smallest absolute Gasteiger partial charge is 0.319 e. The molecule has 2 aromatic rings. The van der Waals surface area contributed by atoms with Gasteiger partial charge in [0.05, 0.1) is 13.2 Å². The van der Waals surface area contributed by atoms with Crippen LogP contribution in [0, 0.1) is 0 Å². The van der Waals surface area contributed by atoms with Crippen molar-refractivity contribution >= 4 is 11.7 Å². The summed E-state index contributed by atoms with van der Waals surface area (Å²) < 4.78 is 0. The molecule has 0 aliphatic heterocycles. The van der Waals surface area contributed by atoms with Crippen LogP contribution in [-0.4, -0.2) is 27.9 Å². The minimum Gasteiger partial charge on any atom is -0.507 e. The zero-order valence-electron chi connectivity index (χ0n) is 12.6. The topological polar surface area (TPSA) is 102 Å². The van der Waals surface area contributed by atoms with Gasteiger partial charge in [-0.15, -0.1) is 0 Å². The Morgan fingerprint density at radius 2 is 1.61 bits per heavy atom. The van der Waals surface area contributed by atoms with Gasteiger partial charge >= 0.3 is 6.03 Å². The summed E-state index contributed by atoms with van der Waals surface area (Å²) in [5, 5.41) is 33.7. The van der Waals surface area contributed by atoms with Crippen molar-refractivity contribution in [2.75, 3.05) is 11.9 Å². The summed E-state index contributed by atoms with van der Waals surface area (Å²) in [5.74, 6) is -0.0893. The molecule has 0 spiro atoms. The zero-order valence-corrected chi connectivity index (χ0v) is 12.6. The van der Waals surface area contributed by atoms with Crippen LogP contribution in [0.3, 0.4) is 0 Å². The zero-order chi connectivity index (χ0) is 16.7. The molecule has 0 bridgehead atoms. The first-order chi connectivity index (χ1) is 11.1. The number of rotatable bonds is 6. The van der Waals surface area contributed by atoms with Gasteiger partial charge in [-0.05, 0) is 36.2 Å². The molecule has 6 nitrogen and oxygen atoms in total. The molecule has 5 N–H and O–H groups in total. The lowest BCUT2D eigenvalue weighted by Gasteiger charge is -2.11. The van der Waals surface area contributed by atoms with Crippen LogP contribution >= 0.6 is 0 Å². The molecule has 0 saturated heterocycles. The van der Waals surface area contributed by atoms with E-state index in [1.165, 1.54) is 0 Å². The molecule has 0 aliphatic rings. The van der Waals surface area contributed by atoms with Gasteiger partial charge in [0.25, 0.3) is 0 Å². The number of hydrogen-bond acceptors (Lipinski definition) is 4. The largest absolute Gasteiger partial charge is 0.507 e. The lowest BCUT2D eigenvalue weighted by atomic mass is 10.0. The van der Waals surface area contributed by atoms with E-state index in [-0.39, 0.29) is 25.0 Å². The Morgan fingerprint density at radius 3 is 2.17 bits per heavy atom. The van der Waals surface area contributed by atoms with Gasteiger partial charge in [-0.2, -0.15) is 0 Å². The van der Waals surface area contributed by atoms with Crippen molar-refractivity contribution in [2.24, 2.45) is 0 Å². The van der Waals surface area contributed by atoms with Gasteiger partial charge in [0, 0.05) is 23.4 Å². The molecule has 2 rings (SSSR count). The van der Waals surface area contributed by atoms with Crippen molar-refractivity contribution in [3.05, 3.63) is 59.2 Å². The Bertz CT molecular complexity index is 634. The number of carbonyl (C=O) groups is 1. The lowest BCUT2D eigenvalue weighted by molar-refractivity contribution is 0.252.